The number of esters is 1. The first kappa shape index (κ1) is 20.9. The second kappa shape index (κ2) is 8.20. The zero-order valence-electron chi connectivity index (χ0n) is 19.0. The minimum Gasteiger partial charge on any atom is -0.465 e. The van der Waals surface area contributed by atoms with Crippen LogP contribution in [0.2, 0.25) is 0 Å². The molecule has 1 aliphatic heterocycles. The molecular formula is C27H25N3O3. The Kier molecular flexibility index (Phi) is 5.21. The van der Waals surface area contributed by atoms with Crippen LogP contribution in [0.3, 0.4) is 0 Å². The zero-order chi connectivity index (χ0) is 23.1. The maximum Gasteiger partial charge on any atom is 0.340 e. The predicted octanol–water partition coefficient (Wildman–Crippen LogP) is 5.08. The summed E-state index contributed by atoms with van der Waals surface area (Å²) in [5, 5.41) is 0. The summed E-state index contributed by atoms with van der Waals surface area (Å²) in [7, 11) is 1.39. The van der Waals surface area contributed by atoms with Gasteiger partial charge in [-0.3, -0.25) is 14.3 Å². The maximum atomic E-state index is 12.6. The normalized spacial score (nSPS) is 12.8. The van der Waals surface area contributed by atoms with Crippen LogP contribution in [-0.2, 0) is 28.8 Å². The van der Waals surface area contributed by atoms with E-state index in [2.05, 4.69) is 24.5 Å². The number of fused-ring (bicyclic) bond motifs is 3. The molecule has 0 radical (unpaired) electrons. The molecular weight excluding hydrogens is 414 g/mol. The standard InChI is InChI=1S/C27H25N3O3/c1-4-25-28-21-10-7-9-20(27(32)33-3)26(21)30(25)22-14-15-24-19(17(22)2)13-12-18-8-5-6-11-23(18)29(24)16-31/h5-11,14-16H,4,12-13H2,1-3H3. The van der Waals surface area contributed by atoms with Crippen LogP contribution in [-0.4, -0.2) is 29.0 Å². The Labute approximate surface area is 192 Å². The lowest BCUT2D eigenvalue weighted by Gasteiger charge is -2.23. The van der Waals surface area contributed by atoms with Gasteiger partial charge in [0.1, 0.15) is 5.82 Å². The molecule has 0 fully saturated rings. The molecule has 0 unspecified atom stereocenters. The lowest BCUT2D eigenvalue weighted by atomic mass is 9.98. The topological polar surface area (TPSA) is 64.4 Å². The van der Waals surface area contributed by atoms with Crippen molar-refractivity contribution in [3.05, 3.63) is 82.7 Å². The van der Waals surface area contributed by atoms with Crippen LogP contribution in [0.5, 0.6) is 0 Å². The number of carbonyl (C=O) groups is 2. The van der Waals surface area contributed by atoms with Gasteiger partial charge < -0.3 is 4.74 Å². The van der Waals surface area contributed by atoms with E-state index >= 15 is 0 Å². The molecule has 0 saturated carbocycles. The number of carbonyl (C=O) groups excluding carboxylic acids is 2. The number of aryl methyl sites for hydroxylation is 2. The van der Waals surface area contributed by atoms with Crippen LogP contribution in [0.4, 0.5) is 11.4 Å². The molecule has 1 amide bonds. The fourth-order valence-corrected chi connectivity index (χ4v) is 4.92. The molecule has 0 aliphatic carbocycles. The monoisotopic (exact) mass is 439 g/mol. The van der Waals surface area contributed by atoms with Gasteiger partial charge in [-0.25, -0.2) is 9.78 Å². The van der Waals surface area contributed by atoms with Gasteiger partial charge in [0.15, 0.2) is 0 Å². The van der Waals surface area contributed by atoms with E-state index in [0.717, 1.165) is 69.9 Å². The molecule has 6 nitrogen and oxygen atoms in total. The molecule has 0 bridgehead atoms. The minimum absolute atomic E-state index is 0.389. The summed E-state index contributed by atoms with van der Waals surface area (Å²) in [6.45, 7) is 4.14. The number of amides is 1. The number of aromatic nitrogens is 2. The molecule has 0 atom stereocenters. The van der Waals surface area contributed by atoms with Gasteiger partial charge in [-0.1, -0.05) is 31.2 Å². The van der Waals surface area contributed by atoms with Crippen LogP contribution in [0.15, 0.2) is 54.6 Å². The average Bonchev–Trinajstić information content (AvgIpc) is 3.14. The number of imidazole rings is 1. The Hall–Kier alpha value is -3.93. The van der Waals surface area contributed by atoms with Gasteiger partial charge in [-0.2, -0.15) is 0 Å². The quantitative estimate of drug-likeness (QED) is 0.329. The van der Waals surface area contributed by atoms with Gasteiger partial charge in [0.2, 0.25) is 6.41 Å². The first-order chi connectivity index (χ1) is 16.1. The molecule has 6 heteroatoms. The van der Waals surface area contributed by atoms with Gasteiger partial charge in [0.05, 0.1) is 40.8 Å². The Morgan fingerprint density at radius 3 is 2.58 bits per heavy atom. The number of benzene rings is 3. The molecule has 0 spiro atoms. The third-order valence-electron chi connectivity index (χ3n) is 6.51. The fourth-order valence-electron chi connectivity index (χ4n) is 4.92. The number of rotatable bonds is 4. The van der Waals surface area contributed by atoms with Crippen molar-refractivity contribution in [2.24, 2.45) is 0 Å². The van der Waals surface area contributed by atoms with Crippen molar-refractivity contribution in [1.82, 2.24) is 9.55 Å². The number of hydrogen-bond acceptors (Lipinski definition) is 4. The summed E-state index contributed by atoms with van der Waals surface area (Å²) in [6.07, 6.45) is 3.25. The van der Waals surface area contributed by atoms with Crippen molar-refractivity contribution in [2.75, 3.05) is 12.0 Å². The van der Waals surface area contributed by atoms with Crippen LogP contribution < -0.4 is 4.90 Å². The molecule has 1 aromatic heterocycles. The van der Waals surface area contributed by atoms with Gasteiger partial charge in [0.25, 0.3) is 0 Å². The molecule has 4 aromatic rings. The highest BCUT2D eigenvalue weighted by Gasteiger charge is 2.25. The predicted molar refractivity (Wildman–Crippen MR) is 129 cm³/mol. The van der Waals surface area contributed by atoms with Crippen molar-refractivity contribution < 1.29 is 14.3 Å². The SMILES string of the molecule is CCc1nc2cccc(C(=O)OC)c2n1-c1ccc2c(c1C)CCc1ccccc1N2C=O. The molecule has 166 valence electrons. The van der Waals surface area contributed by atoms with E-state index in [0.29, 0.717) is 12.0 Å². The van der Waals surface area contributed by atoms with E-state index in [1.807, 2.05) is 42.5 Å². The number of hydrogen-bond donors (Lipinski definition) is 0. The van der Waals surface area contributed by atoms with E-state index in [1.54, 1.807) is 11.0 Å². The summed E-state index contributed by atoms with van der Waals surface area (Å²) in [4.78, 5) is 31.3. The van der Waals surface area contributed by atoms with Crippen LogP contribution in [0.1, 0.15) is 39.8 Å². The van der Waals surface area contributed by atoms with E-state index in [9.17, 15) is 9.59 Å². The van der Waals surface area contributed by atoms with Crippen molar-refractivity contribution in [3.8, 4) is 5.69 Å². The highest BCUT2D eigenvalue weighted by atomic mass is 16.5. The van der Waals surface area contributed by atoms with Gasteiger partial charge >= 0.3 is 5.97 Å². The van der Waals surface area contributed by atoms with Crippen molar-refractivity contribution >= 4 is 34.8 Å². The van der Waals surface area contributed by atoms with Crippen LogP contribution in [0, 0.1) is 6.92 Å². The summed E-state index contributed by atoms with van der Waals surface area (Å²) < 4.78 is 7.12. The molecule has 5 rings (SSSR count). The van der Waals surface area contributed by atoms with Crippen molar-refractivity contribution in [1.29, 1.82) is 0 Å². The number of methoxy groups -OCH3 is 1. The molecule has 1 aliphatic rings. The average molecular weight is 440 g/mol. The second-order valence-electron chi connectivity index (χ2n) is 8.19. The number of anilines is 2. The molecule has 0 saturated heterocycles. The number of nitrogens with zero attached hydrogens (tertiary/aromatic N) is 3. The Morgan fingerprint density at radius 2 is 1.82 bits per heavy atom. The van der Waals surface area contributed by atoms with E-state index in [-0.39, 0.29) is 5.97 Å². The third-order valence-corrected chi connectivity index (χ3v) is 6.51. The van der Waals surface area contributed by atoms with Gasteiger partial charge in [-0.15, -0.1) is 0 Å². The lowest BCUT2D eigenvalue weighted by Crippen LogP contribution is -2.16. The zero-order valence-corrected chi connectivity index (χ0v) is 19.0. The fraction of sp³-hybridized carbons (Fsp3) is 0.222. The van der Waals surface area contributed by atoms with Gasteiger partial charge in [0, 0.05) is 6.42 Å². The van der Waals surface area contributed by atoms with Gasteiger partial charge in [-0.05, 0) is 66.8 Å². The smallest absolute Gasteiger partial charge is 0.340 e. The molecule has 33 heavy (non-hydrogen) atoms. The largest absolute Gasteiger partial charge is 0.465 e. The first-order valence-corrected chi connectivity index (χ1v) is 11.1. The Bertz CT molecular complexity index is 1400. The number of ether oxygens (including phenoxy) is 1. The minimum atomic E-state index is -0.389. The van der Waals surface area contributed by atoms with E-state index < -0.39 is 0 Å². The summed E-state index contributed by atoms with van der Waals surface area (Å²) in [6, 6.07) is 17.6. The second-order valence-corrected chi connectivity index (χ2v) is 8.19. The molecule has 3 aromatic carbocycles. The maximum absolute atomic E-state index is 12.6. The van der Waals surface area contributed by atoms with E-state index in [1.165, 1.54) is 7.11 Å². The summed E-state index contributed by atoms with van der Waals surface area (Å²) >= 11 is 0. The highest BCUT2D eigenvalue weighted by molar-refractivity contribution is 6.03. The Balaban J connectivity index is 1.77. The third kappa shape index (κ3) is 3.21. The summed E-state index contributed by atoms with van der Waals surface area (Å²) in [5.74, 6) is 0.480. The van der Waals surface area contributed by atoms with Crippen molar-refractivity contribution in [3.63, 3.8) is 0 Å². The van der Waals surface area contributed by atoms with Crippen molar-refractivity contribution in [2.45, 2.75) is 33.1 Å². The molecule has 2 heterocycles. The first-order valence-electron chi connectivity index (χ1n) is 11.1. The van der Waals surface area contributed by atoms with E-state index in [4.69, 9.17) is 9.72 Å². The molecule has 0 N–H and O–H groups in total. The lowest BCUT2D eigenvalue weighted by molar-refractivity contribution is -0.106. The Morgan fingerprint density at radius 1 is 1.03 bits per heavy atom. The highest BCUT2D eigenvalue weighted by Crippen LogP contribution is 2.39. The summed E-state index contributed by atoms with van der Waals surface area (Å²) in [5.41, 5.74) is 8.10. The number of para-hydroxylation sites is 2. The van der Waals surface area contributed by atoms with Crippen LogP contribution in [0.25, 0.3) is 16.7 Å². The van der Waals surface area contributed by atoms with Crippen LogP contribution >= 0.6 is 0 Å².